The summed E-state index contributed by atoms with van der Waals surface area (Å²) in [6.45, 7) is 2.12. The number of anilines is 1. The molecule has 6 heteroatoms. The maximum Gasteiger partial charge on any atom is 0.246 e. The van der Waals surface area contributed by atoms with Crippen LogP contribution >= 0.6 is 15.9 Å². The second-order valence-corrected chi connectivity index (χ2v) is 4.37. The largest absolute Gasteiger partial charge is 0.323 e. The number of hydrogen-bond donors (Lipinski definition) is 1. The quantitative estimate of drug-likeness (QED) is 0.942. The van der Waals surface area contributed by atoms with E-state index >= 15 is 0 Å². The summed E-state index contributed by atoms with van der Waals surface area (Å²) in [5, 5.41) is 6.69. The molecule has 2 rings (SSSR count). The Morgan fingerprint density at radius 3 is 3.06 bits per heavy atom. The van der Waals surface area contributed by atoms with Crippen LogP contribution in [-0.4, -0.2) is 20.7 Å². The molecule has 88 valence electrons. The van der Waals surface area contributed by atoms with E-state index in [4.69, 9.17) is 0 Å². The fraction of sp³-hybridized carbons (Fsp3) is 0.182. The smallest absolute Gasteiger partial charge is 0.246 e. The maximum atomic E-state index is 11.7. The van der Waals surface area contributed by atoms with Gasteiger partial charge in [-0.05, 0) is 34.5 Å². The summed E-state index contributed by atoms with van der Waals surface area (Å²) >= 11 is 3.44. The molecule has 1 N–H and O–H groups in total. The van der Waals surface area contributed by atoms with Crippen LogP contribution in [0, 0.1) is 6.92 Å². The molecule has 0 unspecified atom stereocenters. The van der Waals surface area contributed by atoms with Crippen molar-refractivity contribution in [1.29, 1.82) is 0 Å². The molecule has 0 atom stereocenters. The molecule has 0 bridgehead atoms. The van der Waals surface area contributed by atoms with Gasteiger partial charge in [-0.25, -0.2) is 9.67 Å². The van der Waals surface area contributed by atoms with Gasteiger partial charge < -0.3 is 5.32 Å². The summed E-state index contributed by atoms with van der Waals surface area (Å²) in [6, 6.07) is 5.71. The van der Waals surface area contributed by atoms with Crippen molar-refractivity contribution in [2.24, 2.45) is 0 Å². The van der Waals surface area contributed by atoms with E-state index in [-0.39, 0.29) is 12.5 Å². The molecule has 2 aromatic rings. The molecular formula is C11H11BrN4O. The molecule has 17 heavy (non-hydrogen) atoms. The highest BCUT2D eigenvalue weighted by atomic mass is 79.9. The minimum atomic E-state index is -0.137. The van der Waals surface area contributed by atoms with Gasteiger partial charge in [0.05, 0.1) is 5.69 Å². The molecular weight excluding hydrogens is 284 g/mol. The molecule has 0 saturated carbocycles. The minimum Gasteiger partial charge on any atom is -0.323 e. The highest BCUT2D eigenvalue weighted by Gasteiger charge is 2.07. The monoisotopic (exact) mass is 294 g/mol. The molecule has 1 aromatic carbocycles. The van der Waals surface area contributed by atoms with Crippen molar-refractivity contribution in [3.8, 4) is 0 Å². The molecule has 1 amide bonds. The summed E-state index contributed by atoms with van der Waals surface area (Å²) in [5.74, 6) is -0.137. The van der Waals surface area contributed by atoms with E-state index in [0.29, 0.717) is 0 Å². The summed E-state index contributed by atoms with van der Waals surface area (Å²) < 4.78 is 2.37. The molecule has 1 aromatic heterocycles. The van der Waals surface area contributed by atoms with Crippen molar-refractivity contribution >= 4 is 27.5 Å². The van der Waals surface area contributed by atoms with E-state index in [0.717, 1.165) is 15.7 Å². The van der Waals surface area contributed by atoms with E-state index in [2.05, 4.69) is 31.3 Å². The van der Waals surface area contributed by atoms with E-state index in [1.165, 1.54) is 17.3 Å². The number of amides is 1. The Bertz CT molecular complexity index is 524. The molecule has 1 heterocycles. The van der Waals surface area contributed by atoms with Crippen LogP contribution in [0.3, 0.4) is 0 Å². The van der Waals surface area contributed by atoms with Gasteiger partial charge in [-0.1, -0.05) is 12.1 Å². The van der Waals surface area contributed by atoms with Gasteiger partial charge in [0.1, 0.15) is 19.2 Å². The Morgan fingerprint density at radius 2 is 2.35 bits per heavy atom. The molecule has 0 aliphatic heterocycles. The Balaban J connectivity index is 2.06. The standard InChI is InChI=1S/C11H11BrN4O/c1-8-3-2-4-9(11(8)12)15-10(17)5-16-7-13-6-14-16/h2-4,6-7H,5H2,1H3,(H,15,17). The molecule has 0 aliphatic rings. The summed E-state index contributed by atoms with van der Waals surface area (Å²) in [7, 11) is 0. The van der Waals surface area contributed by atoms with Crippen molar-refractivity contribution in [1.82, 2.24) is 14.8 Å². The van der Waals surface area contributed by atoms with E-state index < -0.39 is 0 Å². The van der Waals surface area contributed by atoms with Crippen molar-refractivity contribution in [2.45, 2.75) is 13.5 Å². The van der Waals surface area contributed by atoms with E-state index in [1.807, 2.05) is 25.1 Å². The number of aromatic nitrogens is 3. The van der Waals surface area contributed by atoms with Gasteiger partial charge >= 0.3 is 0 Å². The molecule has 0 spiro atoms. The second kappa shape index (κ2) is 5.09. The second-order valence-electron chi connectivity index (χ2n) is 3.58. The van der Waals surface area contributed by atoms with Gasteiger partial charge in [-0.3, -0.25) is 4.79 Å². The zero-order valence-corrected chi connectivity index (χ0v) is 10.8. The zero-order chi connectivity index (χ0) is 12.3. The average Bonchev–Trinajstić information content (AvgIpc) is 2.77. The van der Waals surface area contributed by atoms with Gasteiger partial charge in [0, 0.05) is 4.47 Å². The van der Waals surface area contributed by atoms with Crippen molar-refractivity contribution in [2.75, 3.05) is 5.32 Å². The van der Waals surface area contributed by atoms with Crippen molar-refractivity contribution < 1.29 is 4.79 Å². The molecule has 0 saturated heterocycles. The lowest BCUT2D eigenvalue weighted by atomic mass is 10.2. The first kappa shape index (κ1) is 11.8. The Kier molecular flexibility index (Phi) is 3.53. The van der Waals surface area contributed by atoms with Crippen LogP contribution in [0.1, 0.15) is 5.56 Å². The lowest BCUT2D eigenvalue weighted by Gasteiger charge is -2.08. The number of aryl methyl sites for hydroxylation is 1. The predicted octanol–water partition coefficient (Wildman–Crippen LogP) is 1.99. The van der Waals surface area contributed by atoms with Gasteiger partial charge in [0.25, 0.3) is 0 Å². The van der Waals surface area contributed by atoms with Crippen LogP contribution in [0.4, 0.5) is 5.69 Å². The van der Waals surface area contributed by atoms with Gasteiger partial charge in [-0.2, -0.15) is 5.10 Å². The first-order valence-electron chi connectivity index (χ1n) is 5.04. The number of nitrogens with zero attached hydrogens (tertiary/aromatic N) is 3. The lowest BCUT2D eigenvalue weighted by Crippen LogP contribution is -2.19. The summed E-state index contributed by atoms with van der Waals surface area (Å²) in [6.07, 6.45) is 2.90. The Morgan fingerprint density at radius 1 is 1.53 bits per heavy atom. The van der Waals surface area contributed by atoms with Crippen LogP contribution < -0.4 is 5.32 Å². The van der Waals surface area contributed by atoms with E-state index in [9.17, 15) is 4.79 Å². The highest BCUT2D eigenvalue weighted by molar-refractivity contribution is 9.10. The van der Waals surface area contributed by atoms with Gasteiger partial charge in [-0.15, -0.1) is 0 Å². The molecule has 0 radical (unpaired) electrons. The summed E-state index contributed by atoms with van der Waals surface area (Å²) in [4.78, 5) is 15.5. The number of carbonyl (C=O) groups excluding carboxylic acids is 1. The normalized spacial score (nSPS) is 10.2. The minimum absolute atomic E-state index is 0.137. The third kappa shape index (κ3) is 2.91. The van der Waals surface area contributed by atoms with Crippen LogP contribution in [0.2, 0.25) is 0 Å². The highest BCUT2D eigenvalue weighted by Crippen LogP contribution is 2.25. The fourth-order valence-corrected chi connectivity index (χ4v) is 1.76. The Labute approximate surface area is 107 Å². The first-order valence-corrected chi connectivity index (χ1v) is 5.83. The molecule has 0 aliphatic carbocycles. The Hall–Kier alpha value is -1.69. The van der Waals surface area contributed by atoms with Crippen LogP contribution in [0.25, 0.3) is 0 Å². The van der Waals surface area contributed by atoms with Gasteiger partial charge in [0.2, 0.25) is 5.91 Å². The number of hydrogen-bond acceptors (Lipinski definition) is 3. The fourth-order valence-electron chi connectivity index (χ4n) is 1.40. The lowest BCUT2D eigenvalue weighted by molar-refractivity contribution is -0.116. The third-order valence-corrected chi connectivity index (χ3v) is 3.29. The first-order chi connectivity index (χ1) is 8.16. The SMILES string of the molecule is Cc1cccc(NC(=O)Cn2cncn2)c1Br. The van der Waals surface area contributed by atoms with Crippen molar-refractivity contribution in [3.05, 3.63) is 40.9 Å². The van der Waals surface area contributed by atoms with Crippen LogP contribution in [0.15, 0.2) is 35.3 Å². The van der Waals surface area contributed by atoms with Crippen LogP contribution in [-0.2, 0) is 11.3 Å². The van der Waals surface area contributed by atoms with E-state index in [1.54, 1.807) is 0 Å². The van der Waals surface area contributed by atoms with Crippen molar-refractivity contribution in [3.63, 3.8) is 0 Å². The topological polar surface area (TPSA) is 59.8 Å². The number of halogens is 1. The molecule has 0 fully saturated rings. The molecule has 5 nitrogen and oxygen atoms in total. The average molecular weight is 295 g/mol. The van der Waals surface area contributed by atoms with Crippen LogP contribution in [0.5, 0.6) is 0 Å². The number of nitrogens with one attached hydrogen (secondary N) is 1. The zero-order valence-electron chi connectivity index (χ0n) is 9.22. The predicted molar refractivity (Wildman–Crippen MR) is 67.5 cm³/mol. The number of benzene rings is 1. The number of carbonyl (C=O) groups is 1. The summed E-state index contributed by atoms with van der Waals surface area (Å²) in [5.41, 5.74) is 1.83. The maximum absolute atomic E-state index is 11.7. The van der Waals surface area contributed by atoms with Gasteiger partial charge in [0.15, 0.2) is 0 Å². The third-order valence-electron chi connectivity index (χ3n) is 2.24. The number of rotatable bonds is 3.